The van der Waals surface area contributed by atoms with E-state index < -0.39 is 0 Å². The predicted molar refractivity (Wildman–Crippen MR) is 109 cm³/mol. The molecular weight excluding hydrogens is 322 g/mol. The van der Waals surface area contributed by atoms with Gasteiger partial charge in [-0.2, -0.15) is 0 Å². The Labute approximate surface area is 156 Å². The van der Waals surface area contributed by atoms with E-state index in [9.17, 15) is 0 Å². The van der Waals surface area contributed by atoms with Crippen molar-refractivity contribution in [3.63, 3.8) is 0 Å². The van der Waals surface area contributed by atoms with E-state index in [2.05, 4.69) is 24.8 Å². The molecule has 2 aliphatic carbocycles. The van der Waals surface area contributed by atoms with Gasteiger partial charge in [-0.1, -0.05) is 30.9 Å². The predicted octanol–water partition coefficient (Wildman–Crippen LogP) is 4.03. The molecule has 4 nitrogen and oxygen atoms in total. The number of hydrogen-bond acceptors (Lipinski definition) is 4. The summed E-state index contributed by atoms with van der Waals surface area (Å²) in [5.74, 6) is 0. The normalized spacial score (nSPS) is 22.9. The van der Waals surface area contributed by atoms with Gasteiger partial charge in [-0.3, -0.25) is 4.99 Å². The number of benzene rings is 1. The first kappa shape index (κ1) is 18.6. The second-order valence-corrected chi connectivity index (χ2v) is 7.38. The Kier molecular flexibility index (Phi) is 5.44. The van der Waals surface area contributed by atoms with Crippen LogP contribution in [0.4, 0.5) is 0 Å². The van der Waals surface area contributed by atoms with Crippen molar-refractivity contribution in [1.82, 2.24) is 0 Å². The van der Waals surface area contributed by atoms with Crippen LogP contribution < -0.4 is 11.5 Å². The van der Waals surface area contributed by atoms with E-state index in [0.717, 1.165) is 47.5 Å². The number of nitrogens with zero attached hydrogens (tertiary/aromatic N) is 1. The molecule has 3 rings (SSSR count). The summed E-state index contributed by atoms with van der Waals surface area (Å²) in [6, 6.07) is 6.37. The zero-order valence-electron chi connectivity index (χ0n) is 16.0. The number of ether oxygens (including phenoxy) is 1. The molecule has 0 amide bonds. The van der Waals surface area contributed by atoms with Gasteiger partial charge in [0.2, 0.25) is 0 Å². The second-order valence-electron chi connectivity index (χ2n) is 7.38. The lowest BCUT2D eigenvalue weighted by atomic mass is 9.98. The van der Waals surface area contributed by atoms with Crippen molar-refractivity contribution in [2.75, 3.05) is 0 Å². The Morgan fingerprint density at radius 2 is 2.12 bits per heavy atom. The maximum Gasteiger partial charge on any atom is 0.100 e. The highest BCUT2D eigenvalue weighted by Crippen LogP contribution is 2.34. The lowest BCUT2D eigenvalue weighted by Crippen LogP contribution is -2.27. The van der Waals surface area contributed by atoms with Gasteiger partial charge in [0.15, 0.2) is 0 Å². The lowest BCUT2D eigenvalue weighted by molar-refractivity contribution is 0.0292. The summed E-state index contributed by atoms with van der Waals surface area (Å²) in [6.45, 7) is 10.2. The Morgan fingerprint density at radius 3 is 2.81 bits per heavy atom. The molecule has 0 spiro atoms. The van der Waals surface area contributed by atoms with Crippen LogP contribution in [0.25, 0.3) is 5.70 Å². The van der Waals surface area contributed by atoms with Gasteiger partial charge >= 0.3 is 0 Å². The number of nitrogens with two attached hydrogens (primary N) is 2. The van der Waals surface area contributed by atoms with Crippen molar-refractivity contribution in [3.05, 3.63) is 64.9 Å². The van der Waals surface area contributed by atoms with Crippen molar-refractivity contribution in [2.45, 2.75) is 58.3 Å². The van der Waals surface area contributed by atoms with Crippen LogP contribution in [0.15, 0.2) is 53.2 Å². The Morgan fingerprint density at radius 1 is 1.35 bits per heavy atom. The molecule has 138 valence electrons. The second kappa shape index (κ2) is 7.60. The van der Waals surface area contributed by atoms with Crippen LogP contribution >= 0.6 is 0 Å². The van der Waals surface area contributed by atoms with E-state index in [1.165, 1.54) is 11.1 Å². The van der Waals surface area contributed by atoms with Crippen molar-refractivity contribution >= 4 is 11.4 Å². The summed E-state index contributed by atoms with van der Waals surface area (Å²) in [5.41, 5.74) is 19.5. The van der Waals surface area contributed by atoms with Crippen LogP contribution in [-0.4, -0.2) is 17.9 Å². The average Bonchev–Trinajstić information content (AvgIpc) is 2.97. The van der Waals surface area contributed by atoms with E-state index >= 15 is 0 Å². The molecule has 0 aromatic heterocycles. The fourth-order valence-electron chi connectivity index (χ4n) is 3.70. The largest absolute Gasteiger partial charge is 0.400 e. The fourth-order valence-corrected chi connectivity index (χ4v) is 3.70. The Bertz CT molecular complexity index is 802. The summed E-state index contributed by atoms with van der Waals surface area (Å²) in [5, 5.41) is 0. The first-order chi connectivity index (χ1) is 12.4. The van der Waals surface area contributed by atoms with Gasteiger partial charge in [0.1, 0.15) is 6.10 Å². The molecule has 0 aliphatic heterocycles. The van der Waals surface area contributed by atoms with Crippen LogP contribution in [0.3, 0.4) is 0 Å². The van der Waals surface area contributed by atoms with Crippen LogP contribution in [0.1, 0.15) is 56.3 Å². The SMILES string of the molecule is C=C(N=C(C)C1=CCC(OC(C)C)C(N)=C1)c1cccc2c1CC[C@@H]2N. The summed E-state index contributed by atoms with van der Waals surface area (Å²) < 4.78 is 5.84. The molecule has 4 heteroatoms. The first-order valence-electron chi connectivity index (χ1n) is 9.31. The van der Waals surface area contributed by atoms with Crippen molar-refractivity contribution < 1.29 is 4.74 Å². The maximum absolute atomic E-state index is 6.19. The molecule has 26 heavy (non-hydrogen) atoms. The van der Waals surface area contributed by atoms with Crippen LogP contribution in [0.2, 0.25) is 0 Å². The number of rotatable bonds is 5. The van der Waals surface area contributed by atoms with Gasteiger partial charge in [0.25, 0.3) is 0 Å². The minimum absolute atomic E-state index is 0.0476. The highest BCUT2D eigenvalue weighted by molar-refractivity contribution is 6.03. The lowest BCUT2D eigenvalue weighted by Gasteiger charge is -2.23. The van der Waals surface area contributed by atoms with Crippen molar-refractivity contribution in [2.24, 2.45) is 16.5 Å². The molecule has 0 heterocycles. The van der Waals surface area contributed by atoms with Crippen LogP contribution in [-0.2, 0) is 11.2 Å². The number of allylic oxidation sites excluding steroid dienone is 2. The Hall–Kier alpha value is -2.17. The number of fused-ring (bicyclic) bond motifs is 1. The van der Waals surface area contributed by atoms with Gasteiger partial charge in [-0.15, -0.1) is 0 Å². The van der Waals surface area contributed by atoms with E-state index in [0.29, 0.717) is 0 Å². The van der Waals surface area contributed by atoms with Gasteiger partial charge in [0, 0.05) is 23.0 Å². The maximum atomic E-state index is 6.19. The number of hydrogen-bond donors (Lipinski definition) is 2. The standard InChI is InChI=1S/C22H29N3O/c1-13(2)26-22-11-8-16(12-21(22)24)14(3)25-15(4)17-6-5-7-19-18(17)9-10-20(19)23/h5-8,12-13,20,22H,4,9-11,23-24H2,1-3H3/t20-,22?/m0/s1. The van der Waals surface area contributed by atoms with Crippen molar-refractivity contribution in [3.8, 4) is 0 Å². The van der Waals surface area contributed by atoms with E-state index in [4.69, 9.17) is 21.2 Å². The molecule has 1 aromatic carbocycles. The van der Waals surface area contributed by atoms with E-state index in [1.807, 2.05) is 32.9 Å². The molecule has 0 bridgehead atoms. The summed E-state index contributed by atoms with van der Waals surface area (Å²) in [7, 11) is 0. The molecule has 0 saturated carbocycles. The third-order valence-electron chi connectivity index (χ3n) is 5.03. The zero-order valence-corrected chi connectivity index (χ0v) is 16.0. The van der Waals surface area contributed by atoms with Crippen LogP contribution in [0, 0.1) is 0 Å². The monoisotopic (exact) mass is 351 g/mol. The topological polar surface area (TPSA) is 73.6 Å². The molecule has 2 atom stereocenters. The third-order valence-corrected chi connectivity index (χ3v) is 5.03. The van der Waals surface area contributed by atoms with Gasteiger partial charge < -0.3 is 16.2 Å². The molecule has 2 aliphatic rings. The van der Waals surface area contributed by atoms with Gasteiger partial charge in [-0.05, 0) is 62.8 Å². The number of aliphatic imine (C=N–C) groups is 1. The first-order valence-corrected chi connectivity index (χ1v) is 9.31. The molecule has 4 N–H and O–H groups in total. The molecule has 0 saturated heterocycles. The molecule has 0 radical (unpaired) electrons. The Balaban J connectivity index is 1.79. The quantitative estimate of drug-likeness (QED) is 0.787. The highest BCUT2D eigenvalue weighted by atomic mass is 16.5. The summed E-state index contributed by atoms with van der Waals surface area (Å²) in [6.07, 6.45) is 6.96. The zero-order chi connectivity index (χ0) is 18.8. The van der Waals surface area contributed by atoms with Gasteiger partial charge in [0.05, 0.1) is 11.8 Å². The molecular formula is C22H29N3O. The summed E-state index contributed by atoms with van der Waals surface area (Å²) >= 11 is 0. The minimum atomic E-state index is -0.0476. The molecule has 1 unspecified atom stereocenters. The van der Waals surface area contributed by atoms with E-state index in [-0.39, 0.29) is 18.2 Å². The molecule has 1 aromatic rings. The van der Waals surface area contributed by atoms with Crippen LogP contribution in [0.5, 0.6) is 0 Å². The minimum Gasteiger partial charge on any atom is -0.400 e. The van der Waals surface area contributed by atoms with E-state index in [1.54, 1.807) is 0 Å². The van der Waals surface area contributed by atoms with Crippen molar-refractivity contribution in [1.29, 1.82) is 0 Å². The van der Waals surface area contributed by atoms with Gasteiger partial charge in [-0.25, -0.2) is 0 Å². The third kappa shape index (κ3) is 3.81. The summed E-state index contributed by atoms with van der Waals surface area (Å²) in [4.78, 5) is 4.77. The smallest absolute Gasteiger partial charge is 0.100 e. The fraction of sp³-hybridized carbons (Fsp3) is 0.409. The average molecular weight is 351 g/mol. The molecule has 0 fully saturated rings. The highest BCUT2D eigenvalue weighted by Gasteiger charge is 2.22.